The highest BCUT2D eigenvalue weighted by Crippen LogP contribution is 2.27. The second kappa shape index (κ2) is 6.22. The molecule has 1 aromatic carbocycles. The van der Waals surface area contributed by atoms with Crippen molar-refractivity contribution < 1.29 is 4.39 Å². The van der Waals surface area contributed by atoms with Crippen molar-refractivity contribution in [2.45, 2.75) is 13.3 Å². The molecule has 0 amide bonds. The Morgan fingerprint density at radius 1 is 1.39 bits per heavy atom. The van der Waals surface area contributed by atoms with Crippen molar-refractivity contribution in [2.24, 2.45) is 0 Å². The van der Waals surface area contributed by atoms with Crippen LogP contribution in [0.1, 0.15) is 11.9 Å². The molecule has 1 aromatic heterocycles. The second-order valence-corrected chi connectivity index (χ2v) is 5.20. The molecule has 0 aliphatic rings. The first-order valence-electron chi connectivity index (χ1n) is 5.69. The number of rotatable bonds is 5. The van der Waals surface area contributed by atoms with Gasteiger partial charge in [-0.3, -0.25) is 0 Å². The van der Waals surface area contributed by atoms with Crippen molar-refractivity contribution in [3.05, 3.63) is 34.0 Å². The van der Waals surface area contributed by atoms with Gasteiger partial charge in [0.05, 0.1) is 5.02 Å². The Morgan fingerprint density at radius 3 is 2.94 bits per heavy atom. The Hall–Kier alpha value is -1.04. The third-order valence-electron chi connectivity index (χ3n) is 2.40. The highest BCUT2D eigenvalue weighted by atomic mass is 35.5. The lowest BCUT2D eigenvalue weighted by Gasteiger charge is -1.97. The van der Waals surface area contributed by atoms with Gasteiger partial charge in [-0.25, -0.2) is 4.39 Å². The van der Waals surface area contributed by atoms with Crippen LogP contribution in [0, 0.1) is 5.82 Å². The molecular formula is C12H13ClFN3S. The minimum absolute atomic E-state index is 0.108. The van der Waals surface area contributed by atoms with E-state index in [9.17, 15) is 4.39 Å². The van der Waals surface area contributed by atoms with Gasteiger partial charge in [0.15, 0.2) is 0 Å². The first-order chi connectivity index (χ1) is 8.70. The van der Waals surface area contributed by atoms with Crippen LogP contribution in [-0.2, 0) is 6.42 Å². The number of nitrogens with one attached hydrogen (secondary N) is 1. The number of nitrogens with zero attached hydrogens (tertiary/aromatic N) is 2. The fraction of sp³-hybridized carbons (Fsp3) is 0.333. The summed E-state index contributed by atoms with van der Waals surface area (Å²) >= 11 is 7.25. The van der Waals surface area contributed by atoms with E-state index in [1.165, 1.54) is 17.4 Å². The van der Waals surface area contributed by atoms with Crippen LogP contribution in [0.4, 0.5) is 4.39 Å². The van der Waals surface area contributed by atoms with Crippen molar-refractivity contribution in [3.8, 4) is 10.6 Å². The predicted octanol–water partition coefficient (Wildman–Crippen LogP) is 3.15. The minimum atomic E-state index is -0.419. The Labute approximate surface area is 114 Å². The fourth-order valence-corrected chi connectivity index (χ4v) is 2.49. The third kappa shape index (κ3) is 3.25. The average Bonchev–Trinajstić information content (AvgIpc) is 2.82. The molecular weight excluding hydrogens is 273 g/mol. The van der Waals surface area contributed by atoms with E-state index in [1.807, 2.05) is 0 Å². The molecule has 0 bridgehead atoms. The van der Waals surface area contributed by atoms with Gasteiger partial charge < -0.3 is 5.32 Å². The summed E-state index contributed by atoms with van der Waals surface area (Å²) < 4.78 is 13.1. The molecule has 0 aliphatic heterocycles. The maximum Gasteiger partial charge on any atom is 0.147 e. The normalized spacial score (nSPS) is 10.8. The zero-order valence-corrected chi connectivity index (χ0v) is 11.5. The number of likely N-dealkylation sites (N-methyl/N-ethyl adjacent to an activating group) is 1. The van der Waals surface area contributed by atoms with Crippen LogP contribution in [0.5, 0.6) is 0 Å². The van der Waals surface area contributed by atoms with E-state index < -0.39 is 5.82 Å². The van der Waals surface area contributed by atoms with Gasteiger partial charge in [-0.05, 0) is 24.7 Å². The van der Waals surface area contributed by atoms with E-state index in [4.69, 9.17) is 11.6 Å². The summed E-state index contributed by atoms with van der Waals surface area (Å²) in [6.07, 6.45) is 0.848. The van der Waals surface area contributed by atoms with Crippen molar-refractivity contribution in [3.63, 3.8) is 0 Å². The molecule has 0 saturated carbocycles. The summed E-state index contributed by atoms with van der Waals surface area (Å²) in [5.41, 5.74) is 0.800. The Balaban J connectivity index is 2.11. The van der Waals surface area contributed by atoms with Gasteiger partial charge in [0.1, 0.15) is 15.8 Å². The summed E-state index contributed by atoms with van der Waals surface area (Å²) in [6.45, 7) is 3.89. The van der Waals surface area contributed by atoms with Crippen molar-refractivity contribution in [2.75, 3.05) is 13.1 Å². The summed E-state index contributed by atoms with van der Waals surface area (Å²) in [7, 11) is 0. The van der Waals surface area contributed by atoms with Gasteiger partial charge in [-0.2, -0.15) is 0 Å². The lowest BCUT2D eigenvalue weighted by molar-refractivity contribution is 0.628. The molecule has 0 aliphatic carbocycles. The van der Waals surface area contributed by atoms with Crippen molar-refractivity contribution in [1.29, 1.82) is 0 Å². The Bertz CT molecular complexity index is 530. The molecule has 0 spiro atoms. The molecule has 3 nitrogen and oxygen atoms in total. The summed E-state index contributed by atoms with van der Waals surface area (Å²) in [5.74, 6) is -0.419. The second-order valence-electron chi connectivity index (χ2n) is 3.73. The van der Waals surface area contributed by atoms with Gasteiger partial charge in [-0.15, -0.1) is 10.2 Å². The maximum absolute atomic E-state index is 13.1. The van der Waals surface area contributed by atoms with Crippen molar-refractivity contribution >= 4 is 22.9 Å². The predicted molar refractivity (Wildman–Crippen MR) is 72.6 cm³/mol. The standard InChI is InChI=1S/C12H13ClFN3S/c1-2-15-6-5-11-16-17-12(18-11)8-3-4-10(14)9(13)7-8/h3-4,7,15H,2,5-6H2,1H3. The monoisotopic (exact) mass is 285 g/mol. The highest BCUT2D eigenvalue weighted by Gasteiger charge is 2.08. The maximum atomic E-state index is 13.1. The van der Waals surface area contributed by atoms with Crippen LogP contribution in [0.25, 0.3) is 10.6 Å². The summed E-state index contributed by atoms with van der Waals surface area (Å²) in [6, 6.07) is 4.58. The zero-order valence-electron chi connectivity index (χ0n) is 9.91. The smallest absolute Gasteiger partial charge is 0.147 e. The molecule has 18 heavy (non-hydrogen) atoms. The van der Waals surface area contributed by atoms with Gasteiger partial charge in [0.25, 0.3) is 0 Å². The summed E-state index contributed by atoms with van der Waals surface area (Å²) in [4.78, 5) is 0. The molecule has 0 saturated heterocycles. The number of hydrogen-bond donors (Lipinski definition) is 1. The zero-order chi connectivity index (χ0) is 13.0. The number of benzene rings is 1. The first kappa shape index (κ1) is 13.4. The van der Waals surface area contributed by atoms with Crippen molar-refractivity contribution in [1.82, 2.24) is 15.5 Å². The molecule has 2 aromatic rings. The van der Waals surface area contributed by atoms with E-state index in [1.54, 1.807) is 12.1 Å². The van der Waals surface area contributed by atoms with E-state index in [0.29, 0.717) is 0 Å². The highest BCUT2D eigenvalue weighted by molar-refractivity contribution is 7.14. The van der Waals surface area contributed by atoms with E-state index in [2.05, 4.69) is 22.4 Å². The van der Waals surface area contributed by atoms with Gasteiger partial charge in [0, 0.05) is 18.5 Å². The molecule has 6 heteroatoms. The minimum Gasteiger partial charge on any atom is -0.317 e. The third-order valence-corrected chi connectivity index (χ3v) is 3.72. The number of aromatic nitrogens is 2. The van der Waals surface area contributed by atoms with Crippen LogP contribution in [0.2, 0.25) is 5.02 Å². The van der Waals surface area contributed by atoms with Gasteiger partial charge >= 0.3 is 0 Å². The summed E-state index contributed by atoms with van der Waals surface area (Å²) in [5, 5.41) is 13.3. The van der Waals surface area contributed by atoms with Crippen LogP contribution in [-0.4, -0.2) is 23.3 Å². The molecule has 1 N–H and O–H groups in total. The molecule has 2 rings (SSSR count). The number of halogens is 2. The molecule has 0 radical (unpaired) electrons. The van der Waals surface area contributed by atoms with E-state index in [-0.39, 0.29) is 5.02 Å². The van der Waals surface area contributed by atoms with Gasteiger partial charge in [0.2, 0.25) is 0 Å². The fourth-order valence-electron chi connectivity index (χ4n) is 1.47. The quantitative estimate of drug-likeness (QED) is 0.858. The molecule has 1 heterocycles. The lowest BCUT2D eigenvalue weighted by Crippen LogP contribution is -2.15. The SMILES string of the molecule is CCNCCc1nnc(-c2ccc(F)c(Cl)c2)s1. The van der Waals surface area contributed by atoms with E-state index >= 15 is 0 Å². The molecule has 96 valence electrons. The Kier molecular flexibility index (Phi) is 4.63. The first-order valence-corrected chi connectivity index (χ1v) is 6.88. The average molecular weight is 286 g/mol. The lowest BCUT2D eigenvalue weighted by atomic mass is 10.2. The number of hydrogen-bond acceptors (Lipinski definition) is 4. The molecule has 0 unspecified atom stereocenters. The van der Waals surface area contributed by atoms with Crippen LogP contribution in [0.3, 0.4) is 0 Å². The van der Waals surface area contributed by atoms with Crippen LogP contribution >= 0.6 is 22.9 Å². The van der Waals surface area contributed by atoms with E-state index in [0.717, 1.165) is 35.1 Å². The molecule has 0 fully saturated rings. The Morgan fingerprint density at radius 2 is 2.22 bits per heavy atom. The van der Waals surface area contributed by atoms with Crippen LogP contribution in [0.15, 0.2) is 18.2 Å². The molecule has 0 atom stereocenters. The van der Waals surface area contributed by atoms with Crippen LogP contribution < -0.4 is 5.32 Å². The topological polar surface area (TPSA) is 37.8 Å². The van der Waals surface area contributed by atoms with Gasteiger partial charge in [-0.1, -0.05) is 29.9 Å². The largest absolute Gasteiger partial charge is 0.317 e.